The van der Waals surface area contributed by atoms with Gasteiger partial charge in [-0.25, -0.2) is 4.79 Å². The third kappa shape index (κ3) is 3.51. The van der Waals surface area contributed by atoms with Crippen molar-refractivity contribution in [1.82, 2.24) is 0 Å². The van der Waals surface area contributed by atoms with Gasteiger partial charge in [-0.1, -0.05) is 0 Å². The van der Waals surface area contributed by atoms with E-state index in [-0.39, 0.29) is 0 Å². The Bertz CT molecular complexity index is 252. The van der Waals surface area contributed by atoms with Gasteiger partial charge in [-0.2, -0.15) is 0 Å². The van der Waals surface area contributed by atoms with Crippen LogP contribution < -0.4 is 0 Å². The summed E-state index contributed by atoms with van der Waals surface area (Å²) in [4.78, 5) is 21.9. The number of hydrogen-bond donors (Lipinski definition) is 5. The average Bonchev–Trinajstić information content (AvgIpc) is 2.32. The fourth-order valence-corrected chi connectivity index (χ4v) is 0.876. The zero-order valence-electron chi connectivity index (χ0n) is 8.48. The largest absolute Gasteiger partial charge is 0.467 e. The molecule has 0 aliphatic carbocycles. The molecule has 0 rings (SSSR count). The molecule has 4 atom stereocenters. The predicted molar refractivity (Wildman–Crippen MR) is 48.1 cm³/mol. The van der Waals surface area contributed by atoms with Crippen LogP contribution in [0.3, 0.4) is 0 Å². The fourth-order valence-electron chi connectivity index (χ4n) is 0.876. The number of ketones is 1. The number of aliphatic hydroxyl groups excluding tert-OH is 5. The van der Waals surface area contributed by atoms with Crippen LogP contribution >= 0.6 is 0 Å². The molecule has 94 valence electrons. The first-order valence-corrected chi connectivity index (χ1v) is 4.31. The fraction of sp³-hybridized carbons (Fsp3) is 0.750. The molecule has 0 aromatic rings. The SMILES string of the molecule is COC(=O)[C@H](O)C(=O)[C@H](O)[C@H](O)C(O)CO. The van der Waals surface area contributed by atoms with Crippen molar-refractivity contribution >= 4 is 11.8 Å². The first kappa shape index (κ1) is 14.9. The Morgan fingerprint density at radius 2 is 1.69 bits per heavy atom. The molecule has 0 aliphatic rings. The normalized spacial score (nSPS) is 18.4. The molecule has 0 amide bonds. The molecule has 8 nitrogen and oxygen atoms in total. The second kappa shape index (κ2) is 6.51. The third-order valence-corrected chi connectivity index (χ3v) is 1.89. The molecule has 0 aromatic heterocycles. The molecule has 0 aliphatic heterocycles. The number of hydrogen-bond acceptors (Lipinski definition) is 8. The number of Topliss-reactive ketones (excluding diaryl/α,β-unsaturated/α-hetero) is 1. The minimum atomic E-state index is -2.25. The maximum atomic E-state index is 11.2. The zero-order chi connectivity index (χ0) is 12.9. The van der Waals surface area contributed by atoms with Crippen LogP contribution in [0.4, 0.5) is 0 Å². The van der Waals surface area contributed by atoms with E-state index in [0.29, 0.717) is 0 Å². The minimum Gasteiger partial charge on any atom is -0.467 e. The molecule has 1 unspecified atom stereocenters. The van der Waals surface area contributed by atoms with Crippen molar-refractivity contribution in [2.45, 2.75) is 24.4 Å². The molecule has 0 heterocycles. The van der Waals surface area contributed by atoms with Gasteiger partial charge in [0.05, 0.1) is 13.7 Å². The standard InChI is InChI=1S/C8H14O8/c1-16-8(15)7(14)6(13)5(12)4(11)3(10)2-9/h3-5,7,9-12,14H,2H2,1H3/t3?,4-,5-,7-/m1/s1. The van der Waals surface area contributed by atoms with E-state index < -0.39 is 42.8 Å². The molecule has 0 fully saturated rings. The van der Waals surface area contributed by atoms with Gasteiger partial charge in [0.2, 0.25) is 11.9 Å². The average molecular weight is 238 g/mol. The Morgan fingerprint density at radius 1 is 1.19 bits per heavy atom. The Kier molecular flexibility index (Phi) is 6.08. The maximum Gasteiger partial charge on any atom is 0.342 e. The Balaban J connectivity index is 4.54. The summed E-state index contributed by atoms with van der Waals surface area (Å²) in [5.74, 6) is -2.72. The molecule has 8 heteroatoms. The molecular weight excluding hydrogens is 224 g/mol. The van der Waals surface area contributed by atoms with Crippen molar-refractivity contribution in [3.63, 3.8) is 0 Å². The van der Waals surface area contributed by atoms with Gasteiger partial charge < -0.3 is 30.3 Å². The van der Waals surface area contributed by atoms with Crippen molar-refractivity contribution in [3.8, 4) is 0 Å². The zero-order valence-corrected chi connectivity index (χ0v) is 8.48. The highest BCUT2D eigenvalue weighted by Gasteiger charge is 2.36. The van der Waals surface area contributed by atoms with Crippen molar-refractivity contribution in [2.75, 3.05) is 13.7 Å². The monoisotopic (exact) mass is 238 g/mol. The van der Waals surface area contributed by atoms with Crippen molar-refractivity contribution in [1.29, 1.82) is 0 Å². The third-order valence-electron chi connectivity index (χ3n) is 1.89. The van der Waals surface area contributed by atoms with Gasteiger partial charge in [0, 0.05) is 0 Å². The quantitative estimate of drug-likeness (QED) is 0.234. The van der Waals surface area contributed by atoms with Gasteiger partial charge in [0.1, 0.15) is 18.3 Å². The van der Waals surface area contributed by atoms with Crippen LogP contribution in [-0.2, 0) is 14.3 Å². The van der Waals surface area contributed by atoms with Crippen molar-refractivity contribution in [3.05, 3.63) is 0 Å². The van der Waals surface area contributed by atoms with Crippen LogP contribution in [0.1, 0.15) is 0 Å². The molecule has 0 aromatic carbocycles. The Morgan fingerprint density at radius 3 is 2.06 bits per heavy atom. The van der Waals surface area contributed by atoms with E-state index in [1.165, 1.54) is 0 Å². The van der Waals surface area contributed by atoms with Crippen molar-refractivity contribution < 1.29 is 39.9 Å². The lowest BCUT2D eigenvalue weighted by Crippen LogP contribution is -2.49. The van der Waals surface area contributed by atoms with Crippen LogP contribution in [0.2, 0.25) is 0 Å². The second-order valence-electron chi connectivity index (χ2n) is 3.01. The van der Waals surface area contributed by atoms with Crippen LogP contribution in [0.15, 0.2) is 0 Å². The molecule has 0 radical (unpaired) electrons. The van der Waals surface area contributed by atoms with Gasteiger partial charge >= 0.3 is 5.97 Å². The number of ether oxygens (including phenoxy) is 1. The molecular formula is C8H14O8. The summed E-state index contributed by atoms with van der Waals surface area (Å²) in [7, 11) is 0.921. The maximum absolute atomic E-state index is 11.2. The lowest BCUT2D eigenvalue weighted by molar-refractivity contribution is -0.163. The van der Waals surface area contributed by atoms with Crippen LogP contribution in [0, 0.1) is 0 Å². The number of methoxy groups -OCH3 is 1. The summed E-state index contributed by atoms with van der Waals surface area (Å²) in [5, 5.41) is 44.7. The summed E-state index contributed by atoms with van der Waals surface area (Å²) >= 11 is 0. The van der Waals surface area contributed by atoms with Gasteiger partial charge in [0.25, 0.3) is 0 Å². The molecule has 0 saturated carbocycles. The van der Waals surface area contributed by atoms with Gasteiger partial charge in [0.15, 0.2) is 0 Å². The molecule has 0 bridgehead atoms. The number of carbonyl (C=O) groups excluding carboxylic acids is 2. The smallest absolute Gasteiger partial charge is 0.342 e. The minimum absolute atomic E-state index is 0.889. The van der Waals surface area contributed by atoms with Crippen LogP contribution in [0.25, 0.3) is 0 Å². The van der Waals surface area contributed by atoms with E-state index >= 15 is 0 Å². The summed E-state index contributed by atoms with van der Waals surface area (Å²) in [5.41, 5.74) is 0. The van der Waals surface area contributed by atoms with E-state index in [4.69, 9.17) is 25.5 Å². The first-order chi connectivity index (χ1) is 7.36. The van der Waals surface area contributed by atoms with Crippen LogP contribution in [-0.4, -0.2) is 75.4 Å². The molecule has 16 heavy (non-hydrogen) atoms. The lowest BCUT2D eigenvalue weighted by atomic mass is 10.0. The van der Waals surface area contributed by atoms with E-state index in [2.05, 4.69) is 4.74 Å². The highest BCUT2D eigenvalue weighted by molar-refractivity contribution is 6.03. The number of carbonyl (C=O) groups is 2. The van der Waals surface area contributed by atoms with E-state index in [0.717, 1.165) is 7.11 Å². The van der Waals surface area contributed by atoms with E-state index in [1.54, 1.807) is 0 Å². The summed E-state index contributed by atoms with van der Waals surface area (Å²) < 4.78 is 4.04. The second-order valence-corrected chi connectivity index (χ2v) is 3.01. The Hall–Kier alpha value is -1.06. The molecule has 5 N–H and O–H groups in total. The van der Waals surface area contributed by atoms with Crippen molar-refractivity contribution in [2.24, 2.45) is 0 Å². The topological polar surface area (TPSA) is 145 Å². The lowest BCUT2D eigenvalue weighted by Gasteiger charge is -2.21. The van der Waals surface area contributed by atoms with Crippen LogP contribution in [0.5, 0.6) is 0 Å². The predicted octanol–water partition coefficient (Wildman–Crippen LogP) is -3.84. The number of esters is 1. The van der Waals surface area contributed by atoms with Gasteiger partial charge in [-0.3, -0.25) is 4.79 Å². The summed E-state index contributed by atoms with van der Waals surface area (Å²) in [6.45, 7) is -0.889. The summed E-state index contributed by atoms with van der Waals surface area (Å²) in [6, 6.07) is 0. The van der Waals surface area contributed by atoms with E-state index in [9.17, 15) is 9.59 Å². The first-order valence-electron chi connectivity index (χ1n) is 4.31. The van der Waals surface area contributed by atoms with Gasteiger partial charge in [-0.05, 0) is 0 Å². The molecule has 0 spiro atoms. The number of rotatable bonds is 6. The highest BCUT2D eigenvalue weighted by atomic mass is 16.5. The Labute approximate surface area is 90.7 Å². The van der Waals surface area contributed by atoms with Gasteiger partial charge in [-0.15, -0.1) is 0 Å². The highest BCUT2D eigenvalue weighted by Crippen LogP contribution is 2.05. The molecule has 0 saturated heterocycles. The van der Waals surface area contributed by atoms with E-state index in [1.807, 2.05) is 0 Å². The number of aliphatic hydroxyl groups is 5. The summed E-state index contributed by atoms with van der Waals surface area (Å²) in [6.07, 6.45) is -8.21.